The summed E-state index contributed by atoms with van der Waals surface area (Å²) < 4.78 is 5.25. The highest BCUT2D eigenvalue weighted by Crippen LogP contribution is 2.39. The minimum atomic E-state index is -0.151. The summed E-state index contributed by atoms with van der Waals surface area (Å²) in [4.78, 5) is 20.4. The van der Waals surface area contributed by atoms with Crippen LogP contribution in [0.1, 0.15) is 33.2 Å². The summed E-state index contributed by atoms with van der Waals surface area (Å²) in [6.45, 7) is 0.675. The minimum Gasteiger partial charge on any atom is -0.497 e. The second-order valence-electron chi connectivity index (χ2n) is 7.72. The van der Waals surface area contributed by atoms with Crippen LogP contribution >= 0.6 is 11.8 Å². The summed E-state index contributed by atoms with van der Waals surface area (Å²) >= 11 is 1.72. The predicted molar refractivity (Wildman–Crippen MR) is 126 cm³/mol. The number of thioether (sulfide) groups is 1. The molecule has 4 nitrogen and oxygen atoms in total. The number of methoxy groups -OCH3 is 1. The molecule has 0 saturated heterocycles. The first-order chi connectivity index (χ1) is 15.2. The molecule has 1 unspecified atom stereocenters. The van der Waals surface area contributed by atoms with Crippen LogP contribution in [0.5, 0.6) is 5.75 Å². The molecule has 5 heteroatoms. The fraction of sp³-hybridized carbons (Fsp3) is 0.192. The van der Waals surface area contributed by atoms with Crippen molar-refractivity contribution in [2.24, 2.45) is 0 Å². The van der Waals surface area contributed by atoms with Crippen molar-refractivity contribution in [1.82, 2.24) is 9.88 Å². The smallest absolute Gasteiger partial charge is 0.254 e. The molecular weight excluding hydrogens is 404 g/mol. The first-order valence-corrected chi connectivity index (χ1v) is 11.6. The molecule has 156 valence electrons. The van der Waals surface area contributed by atoms with Gasteiger partial charge in [0.15, 0.2) is 0 Å². The van der Waals surface area contributed by atoms with E-state index < -0.39 is 0 Å². The lowest BCUT2D eigenvalue weighted by molar-refractivity contribution is 0.0692. The van der Waals surface area contributed by atoms with E-state index in [1.807, 2.05) is 35.2 Å². The quantitative estimate of drug-likeness (QED) is 0.425. The molecule has 0 aliphatic carbocycles. The lowest BCUT2D eigenvalue weighted by Gasteiger charge is -2.36. The molecule has 5 rings (SSSR count). The Hall–Kier alpha value is -3.18. The van der Waals surface area contributed by atoms with Crippen molar-refractivity contribution in [2.75, 3.05) is 19.9 Å². The summed E-state index contributed by atoms with van der Waals surface area (Å²) in [5, 5.41) is 1.25. The predicted octanol–water partition coefficient (Wildman–Crippen LogP) is 5.69. The topological polar surface area (TPSA) is 45.3 Å². The van der Waals surface area contributed by atoms with E-state index in [9.17, 15) is 4.79 Å². The number of nitrogens with one attached hydrogen (secondary N) is 1. The van der Waals surface area contributed by atoms with Gasteiger partial charge in [-0.2, -0.15) is 0 Å². The molecule has 4 aromatic rings. The van der Waals surface area contributed by atoms with Crippen molar-refractivity contribution in [3.8, 4) is 5.75 Å². The highest BCUT2D eigenvalue weighted by molar-refractivity contribution is 7.98. The highest BCUT2D eigenvalue weighted by Gasteiger charge is 2.34. The van der Waals surface area contributed by atoms with Gasteiger partial charge in [-0.25, -0.2) is 0 Å². The standard InChI is InChI=1S/C26H24N2O2S/c1-30-19-11-7-18(8-12-19)26(29)28-16-15-22-21-5-3-4-6-23(21)27-24(22)25(28)17-9-13-20(31-2)14-10-17/h3-14,25,27H,15-16H2,1-2H3. The Morgan fingerprint density at radius 2 is 1.77 bits per heavy atom. The summed E-state index contributed by atoms with van der Waals surface area (Å²) in [5.41, 5.74) is 5.34. The van der Waals surface area contributed by atoms with Gasteiger partial charge in [0, 0.05) is 33.6 Å². The maximum Gasteiger partial charge on any atom is 0.254 e. The number of ether oxygens (including phenoxy) is 1. The van der Waals surface area contributed by atoms with Crippen molar-refractivity contribution < 1.29 is 9.53 Å². The SMILES string of the molecule is COc1ccc(C(=O)N2CCc3c([nH]c4ccccc34)C2c2ccc(SC)cc2)cc1. The zero-order valence-corrected chi connectivity index (χ0v) is 18.4. The number of para-hydroxylation sites is 1. The summed E-state index contributed by atoms with van der Waals surface area (Å²) in [6, 6.07) is 24.2. The van der Waals surface area contributed by atoms with Gasteiger partial charge in [0.25, 0.3) is 5.91 Å². The Balaban J connectivity index is 1.61. The molecule has 1 atom stereocenters. The second kappa shape index (κ2) is 8.16. The average Bonchev–Trinajstić information content (AvgIpc) is 3.22. The van der Waals surface area contributed by atoms with Gasteiger partial charge in [0.2, 0.25) is 0 Å². The number of benzene rings is 3. The van der Waals surface area contributed by atoms with Crippen molar-refractivity contribution in [3.63, 3.8) is 0 Å². The Bertz CT molecular complexity index is 1230. The van der Waals surface area contributed by atoms with E-state index in [2.05, 4.69) is 53.7 Å². The summed E-state index contributed by atoms with van der Waals surface area (Å²) in [5.74, 6) is 0.781. The molecule has 1 aliphatic heterocycles. The van der Waals surface area contributed by atoms with Gasteiger partial charge in [-0.15, -0.1) is 11.8 Å². The van der Waals surface area contributed by atoms with E-state index in [1.165, 1.54) is 15.8 Å². The lowest BCUT2D eigenvalue weighted by Crippen LogP contribution is -2.40. The number of nitrogens with zero attached hydrogens (tertiary/aromatic N) is 1. The third-order valence-corrected chi connectivity index (χ3v) is 6.81. The molecular formula is C26H24N2O2S. The maximum absolute atomic E-state index is 13.6. The fourth-order valence-electron chi connectivity index (χ4n) is 4.49. The summed E-state index contributed by atoms with van der Waals surface area (Å²) in [7, 11) is 1.63. The fourth-order valence-corrected chi connectivity index (χ4v) is 4.90. The van der Waals surface area contributed by atoms with Gasteiger partial charge < -0.3 is 14.6 Å². The highest BCUT2D eigenvalue weighted by atomic mass is 32.2. The first kappa shape index (κ1) is 19.8. The van der Waals surface area contributed by atoms with Crippen molar-refractivity contribution in [1.29, 1.82) is 0 Å². The van der Waals surface area contributed by atoms with Crippen molar-refractivity contribution in [3.05, 3.63) is 95.2 Å². The molecule has 0 bridgehead atoms. The van der Waals surface area contributed by atoms with Gasteiger partial charge in [0.05, 0.1) is 13.2 Å². The molecule has 0 fully saturated rings. The number of carbonyl (C=O) groups excluding carboxylic acids is 1. The van der Waals surface area contributed by atoms with Crippen LogP contribution in [0.4, 0.5) is 0 Å². The van der Waals surface area contributed by atoms with E-state index in [0.29, 0.717) is 12.1 Å². The third-order valence-electron chi connectivity index (χ3n) is 6.06. The van der Waals surface area contributed by atoms with Crippen LogP contribution in [-0.4, -0.2) is 35.7 Å². The van der Waals surface area contributed by atoms with Gasteiger partial charge in [-0.1, -0.05) is 30.3 Å². The Kier molecular flexibility index (Phi) is 5.20. The van der Waals surface area contributed by atoms with Crippen LogP contribution in [0, 0.1) is 0 Å². The number of carbonyl (C=O) groups is 1. The maximum atomic E-state index is 13.6. The Labute approximate surface area is 186 Å². The van der Waals surface area contributed by atoms with E-state index in [-0.39, 0.29) is 11.9 Å². The van der Waals surface area contributed by atoms with E-state index in [1.54, 1.807) is 18.9 Å². The number of hydrogen-bond acceptors (Lipinski definition) is 3. The molecule has 1 aliphatic rings. The summed E-state index contributed by atoms with van der Waals surface area (Å²) in [6.07, 6.45) is 2.91. The number of aromatic amines is 1. The van der Waals surface area contributed by atoms with Crippen LogP contribution in [0.3, 0.4) is 0 Å². The number of fused-ring (bicyclic) bond motifs is 3. The Morgan fingerprint density at radius 1 is 1.03 bits per heavy atom. The van der Waals surface area contributed by atoms with Crippen LogP contribution in [-0.2, 0) is 6.42 Å². The molecule has 31 heavy (non-hydrogen) atoms. The lowest BCUT2D eigenvalue weighted by atomic mass is 9.91. The molecule has 0 spiro atoms. The van der Waals surface area contributed by atoms with Gasteiger partial charge in [0.1, 0.15) is 5.75 Å². The largest absolute Gasteiger partial charge is 0.497 e. The van der Waals surface area contributed by atoms with E-state index >= 15 is 0 Å². The molecule has 0 radical (unpaired) electrons. The second-order valence-corrected chi connectivity index (χ2v) is 8.60. The number of rotatable bonds is 4. The molecule has 3 aromatic carbocycles. The third kappa shape index (κ3) is 3.49. The van der Waals surface area contributed by atoms with Crippen LogP contribution in [0.2, 0.25) is 0 Å². The average molecular weight is 429 g/mol. The van der Waals surface area contributed by atoms with Crippen LogP contribution < -0.4 is 4.74 Å². The van der Waals surface area contributed by atoms with E-state index in [4.69, 9.17) is 4.74 Å². The van der Waals surface area contributed by atoms with Crippen molar-refractivity contribution >= 4 is 28.6 Å². The number of amides is 1. The minimum absolute atomic E-state index is 0.0332. The van der Waals surface area contributed by atoms with Crippen LogP contribution in [0.15, 0.2) is 77.7 Å². The molecule has 1 aromatic heterocycles. The van der Waals surface area contributed by atoms with Crippen molar-refractivity contribution in [2.45, 2.75) is 17.4 Å². The van der Waals surface area contributed by atoms with Crippen LogP contribution in [0.25, 0.3) is 10.9 Å². The molecule has 1 amide bonds. The molecule has 0 saturated carbocycles. The van der Waals surface area contributed by atoms with Gasteiger partial charge >= 0.3 is 0 Å². The Morgan fingerprint density at radius 3 is 2.48 bits per heavy atom. The molecule has 1 N–H and O–H groups in total. The van der Waals surface area contributed by atoms with Gasteiger partial charge in [-0.05, 0) is 66.3 Å². The zero-order chi connectivity index (χ0) is 21.4. The number of H-pyrrole nitrogens is 1. The number of hydrogen-bond donors (Lipinski definition) is 1. The molecule has 2 heterocycles. The van der Waals surface area contributed by atoms with Gasteiger partial charge in [-0.3, -0.25) is 4.79 Å². The normalized spacial score (nSPS) is 15.7. The monoisotopic (exact) mass is 428 g/mol. The zero-order valence-electron chi connectivity index (χ0n) is 17.6. The van der Waals surface area contributed by atoms with E-state index in [0.717, 1.165) is 28.9 Å². The number of aromatic nitrogens is 1. The first-order valence-electron chi connectivity index (χ1n) is 10.4.